The third kappa shape index (κ3) is 4.23. The molecule has 1 aromatic rings. The number of hydrogen-bond acceptors (Lipinski definition) is 6. The number of hydrogen-bond donors (Lipinski definition) is 1. The second kappa shape index (κ2) is 7.64. The number of aryl methyl sites for hydroxylation is 1. The smallest absolute Gasteiger partial charge is 0.271 e. The Kier molecular flexibility index (Phi) is 5.84. The van der Waals surface area contributed by atoms with Gasteiger partial charge in [0.1, 0.15) is 4.38 Å². The molecule has 0 saturated carbocycles. The van der Waals surface area contributed by atoms with Gasteiger partial charge in [0.2, 0.25) is 5.91 Å². The largest absolute Gasteiger partial charge is 0.325 e. The van der Waals surface area contributed by atoms with Crippen LogP contribution in [0.1, 0.15) is 18.9 Å². The molecule has 8 heteroatoms. The van der Waals surface area contributed by atoms with E-state index in [0.29, 0.717) is 12.1 Å². The molecule has 0 fully saturated rings. The van der Waals surface area contributed by atoms with E-state index in [1.165, 1.54) is 23.9 Å². The van der Waals surface area contributed by atoms with Crippen LogP contribution in [0.15, 0.2) is 23.2 Å². The molecule has 1 unspecified atom stereocenters. The topological polar surface area (TPSA) is 84.6 Å². The van der Waals surface area contributed by atoms with Crippen LogP contribution in [0.5, 0.6) is 0 Å². The lowest BCUT2D eigenvalue weighted by Crippen LogP contribution is -2.25. The third-order valence-corrected chi connectivity index (χ3v) is 5.72. The molecule has 0 spiro atoms. The van der Waals surface area contributed by atoms with Crippen LogP contribution in [0.4, 0.5) is 11.4 Å². The van der Waals surface area contributed by atoms with Crippen molar-refractivity contribution in [1.29, 1.82) is 0 Å². The van der Waals surface area contributed by atoms with Gasteiger partial charge in [0.15, 0.2) is 0 Å². The number of non-ortho nitro benzene ring substituents is 1. The fourth-order valence-corrected chi connectivity index (χ4v) is 4.05. The zero-order chi connectivity index (χ0) is 16.1. The van der Waals surface area contributed by atoms with E-state index in [1.54, 1.807) is 17.8 Å². The summed E-state index contributed by atoms with van der Waals surface area (Å²) in [5.74, 6) is 0.816. The number of nitrogens with zero attached hydrogens (tertiary/aromatic N) is 2. The van der Waals surface area contributed by atoms with E-state index in [1.807, 2.05) is 13.8 Å². The minimum atomic E-state index is -0.467. The molecule has 0 saturated heterocycles. The van der Waals surface area contributed by atoms with Gasteiger partial charge in [0.05, 0.1) is 22.4 Å². The van der Waals surface area contributed by atoms with Crippen molar-refractivity contribution in [3.63, 3.8) is 0 Å². The molecule has 22 heavy (non-hydrogen) atoms. The highest BCUT2D eigenvalue weighted by molar-refractivity contribution is 8.39. The minimum absolute atomic E-state index is 0.0303. The highest BCUT2D eigenvalue weighted by Crippen LogP contribution is 2.29. The maximum Gasteiger partial charge on any atom is 0.271 e. The van der Waals surface area contributed by atoms with Crippen LogP contribution in [0.3, 0.4) is 0 Å². The summed E-state index contributed by atoms with van der Waals surface area (Å²) in [7, 11) is 0. The van der Waals surface area contributed by atoms with Crippen molar-refractivity contribution in [1.82, 2.24) is 0 Å². The Morgan fingerprint density at radius 1 is 1.59 bits per heavy atom. The monoisotopic (exact) mass is 339 g/mol. The zero-order valence-electron chi connectivity index (χ0n) is 12.4. The first-order valence-electron chi connectivity index (χ1n) is 6.91. The zero-order valence-corrected chi connectivity index (χ0v) is 14.0. The van der Waals surface area contributed by atoms with Crippen molar-refractivity contribution in [2.75, 3.05) is 17.6 Å². The van der Waals surface area contributed by atoms with Gasteiger partial charge in [-0.05, 0) is 18.9 Å². The molecule has 6 nitrogen and oxygen atoms in total. The van der Waals surface area contributed by atoms with E-state index in [-0.39, 0.29) is 16.8 Å². The molecule has 1 atom stereocenters. The van der Waals surface area contributed by atoms with Crippen LogP contribution in [0.25, 0.3) is 0 Å². The molecule has 1 aliphatic heterocycles. The maximum atomic E-state index is 12.4. The van der Waals surface area contributed by atoms with Crippen molar-refractivity contribution in [3.8, 4) is 0 Å². The highest BCUT2D eigenvalue weighted by Gasteiger charge is 2.22. The first-order chi connectivity index (χ1) is 10.5. The summed E-state index contributed by atoms with van der Waals surface area (Å²) < 4.78 is 0.942. The molecule has 0 aliphatic carbocycles. The van der Waals surface area contributed by atoms with Crippen molar-refractivity contribution >= 4 is 45.2 Å². The number of aliphatic imine (C=N–C) groups is 1. The highest BCUT2D eigenvalue weighted by atomic mass is 32.2. The normalized spacial score (nSPS) is 15.3. The summed E-state index contributed by atoms with van der Waals surface area (Å²) in [5, 5.41) is 13.4. The van der Waals surface area contributed by atoms with E-state index >= 15 is 0 Å². The molecule has 2 rings (SSSR count). The quantitative estimate of drug-likeness (QED) is 0.656. The van der Waals surface area contributed by atoms with Crippen molar-refractivity contribution in [2.24, 2.45) is 4.99 Å². The van der Waals surface area contributed by atoms with Gasteiger partial charge in [0, 0.05) is 17.9 Å². The number of thioether (sulfide) groups is 2. The molecule has 1 aromatic carbocycles. The molecule has 0 aromatic heterocycles. The Morgan fingerprint density at radius 2 is 2.36 bits per heavy atom. The number of carbonyl (C=O) groups excluding carboxylic acids is 1. The van der Waals surface area contributed by atoms with E-state index in [2.05, 4.69) is 10.3 Å². The summed E-state index contributed by atoms with van der Waals surface area (Å²) in [5.41, 5.74) is 1.25. The molecular formula is C14H17N3O3S2. The van der Waals surface area contributed by atoms with E-state index in [9.17, 15) is 14.9 Å². The van der Waals surface area contributed by atoms with Gasteiger partial charge in [-0.3, -0.25) is 19.9 Å². The number of anilines is 1. The Bertz CT molecular complexity index is 619. The van der Waals surface area contributed by atoms with Crippen LogP contribution in [-0.2, 0) is 4.79 Å². The van der Waals surface area contributed by atoms with Crippen molar-refractivity contribution < 1.29 is 9.72 Å². The first-order valence-corrected chi connectivity index (χ1v) is 8.77. The first kappa shape index (κ1) is 16.8. The Morgan fingerprint density at radius 3 is 2.95 bits per heavy atom. The summed E-state index contributed by atoms with van der Waals surface area (Å²) in [6.07, 6.45) is 0.671. The standard InChI is InChI=1S/C14H17N3O3S2/c1-3-12(22-14-15-6-7-21-14)13(18)16-11-8-10(17(19)20)5-4-9(11)2/h4-5,8,12H,3,6-7H2,1-2H3,(H,16,18). The Hall–Kier alpha value is -1.54. The maximum absolute atomic E-state index is 12.4. The fraction of sp³-hybridized carbons (Fsp3) is 0.429. The number of amides is 1. The Balaban J connectivity index is 2.09. The average molecular weight is 339 g/mol. The van der Waals surface area contributed by atoms with E-state index in [4.69, 9.17) is 0 Å². The Labute approximate surface area is 137 Å². The molecule has 1 N–H and O–H groups in total. The van der Waals surface area contributed by atoms with Gasteiger partial charge in [-0.25, -0.2) is 0 Å². The number of nitrogens with one attached hydrogen (secondary N) is 1. The summed E-state index contributed by atoms with van der Waals surface area (Å²) in [6.45, 7) is 4.55. The molecule has 1 heterocycles. The van der Waals surface area contributed by atoms with Gasteiger partial charge in [-0.15, -0.1) is 0 Å². The van der Waals surface area contributed by atoms with Crippen LogP contribution in [0, 0.1) is 17.0 Å². The number of nitro groups is 1. The average Bonchev–Trinajstić information content (AvgIpc) is 2.99. The minimum Gasteiger partial charge on any atom is -0.325 e. The molecule has 0 radical (unpaired) electrons. The fourth-order valence-electron chi connectivity index (χ4n) is 1.90. The summed E-state index contributed by atoms with van der Waals surface area (Å²) in [6, 6.07) is 4.46. The lowest BCUT2D eigenvalue weighted by atomic mass is 10.1. The molecule has 1 amide bonds. The van der Waals surface area contributed by atoms with Crippen LogP contribution in [-0.4, -0.2) is 32.8 Å². The number of benzene rings is 1. The van der Waals surface area contributed by atoms with Gasteiger partial charge < -0.3 is 5.32 Å². The third-order valence-electron chi connectivity index (χ3n) is 3.15. The lowest BCUT2D eigenvalue weighted by Gasteiger charge is -2.15. The van der Waals surface area contributed by atoms with Gasteiger partial charge >= 0.3 is 0 Å². The van der Waals surface area contributed by atoms with Crippen LogP contribution < -0.4 is 5.32 Å². The van der Waals surface area contributed by atoms with Crippen LogP contribution >= 0.6 is 23.5 Å². The summed E-state index contributed by atoms with van der Waals surface area (Å²) >= 11 is 3.13. The molecular weight excluding hydrogens is 322 g/mol. The van der Waals surface area contributed by atoms with Gasteiger partial charge in [0.25, 0.3) is 5.69 Å². The van der Waals surface area contributed by atoms with Crippen molar-refractivity contribution in [2.45, 2.75) is 25.5 Å². The summed E-state index contributed by atoms with van der Waals surface area (Å²) in [4.78, 5) is 27.1. The second-order valence-corrected chi connectivity index (χ2v) is 7.29. The van der Waals surface area contributed by atoms with Gasteiger partial charge in [-0.1, -0.05) is 36.5 Å². The van der Waals surface area contributed by atoms with Crippen LogP contribution in [0.2, 0.25) is 0 Å². The second-order valence-electron chi connectivity index (χ2n) is 4.76. The predicted octanol–water partition coefficient (Wildman–Crippen LogP) is 3.46. The number of nitro benzene ring substituents is 1. The van der Waals surface area contributed by atoms with E-state index < -0.39 is 4.92 Å². The predicted molar refractivity (Wildman–Crippen MR) is 92.9 cm³/mol. The number of rotatable bonds is 5. The molecule has 1 aliphatic rings. The molecule has 0 bridgehead atoms. The van der Waals surface area contributed by atoms with Crippen molar-refractivity contribution in [3.05, 3.63) is 33.9 Å². The van der Waals surface area contributed by atoms with E-state index in [0.717, 1.165) is 22.2 Å². The lowest BCUT2D eigenvalue weighted by molar-refractivity contribution is -0.384. The molecule has 118 valence electrons. The SMILES string of the molecule is CCC(SC1=NCCS1)C(=O)Nc1cc([N+](=O)[O-])ccc1C. The van der Waals surface area contributed by atoms with Gasteiger partial charge in [-0.2, -0.15) is 0 Å². The number of carbonyl (C=O) groups is 1.